The Labute approximate surface area is 127 Å². The molecule has 1 N–H and O–H groups in total. The lowest BCUT2D eigenvalue weighted by Crippen LogP contribution is -2.48. The highest BCUT2D eigenvalue weighted by Crippen LogP contribution is 2.35. The van der Waals surface area contributed by atoms with E-state index >= 15 is 0 Å². The van der Waals surface area contributed by atoms with Crippen molar-refractivity contribution in [1.82, 2.24) is 10.2 Å². The minimum Gasteiger partial charge on any atom is -0.341 e. The van der Waals surface area contributed by atoms with Gasteiger partial charge in [0.15, 0.2) is 0 Å². The van der Waals surface area contributed by atoms with Crippen molar-refractivity contribution < 1.29 is 4.79 Å². The molecule has 1 saturated heterocycles. The normalized spacial score (nSPS) is 24.5. The number of nitrogens with one attached hydrogen (secondary N) is 1. The third-order valence-electron chi connectivity index (χ3n) is 5.49. The average Bonchev–Trinajstić information content (AvgIpc) is 2.54. The molecule has 21 heavy (non-hydrogen) atoms. The van der Waals surface area contributed by atoms with Crippen LogP contribution in [-0.4, -0.2) is 30.4 Å². The van der Waals surface area contributed by atoms with Crippen LogP contribution in [0.5, 0.6) is 0 Å². The van der Waals surface area contributed by atoms with Crippen LogP contribution in [0.2, 0.25) is 0 Å². The smallest absolute Gasteiger partial charge is 0.244 e. The quantitative estimate of drug-likeness (QED) is 0.906. The number of benzene rings is 1. The fourth-order valence-electron chi connectivity index (χ4n) is 3.53. The molecule has 2 heterocycles. The van der Waals surface area contributed by atoms with Crippen molar-refractivity contribution in [1.29, 1.82) is 0 Å². The molecule has 3 nitrogen and oxygen atoms in total. The first-order valence-electron chi connectivity index (χ1n) is 8.23. The SMILES string of the molecule is CCC1(C)CCN(C(=O)C2NCCc3ccccc32)CC1. The Morgan fingerprint density at radius 1 is 1.33 bits per heavy atom. The first-order valence-corrected chi connectivity index (χ1v) is 8.23. The van der Waals surface area contributed by atoms with Crippen molar-refractivity contribution in [2.75, 3.05) is 19.6 Å². The summed E-state index contributed by atoms with van der Waals surface area (Å²) in [6, 6.07) is 8.22. The zero-order valence-corrected chi connectivity index (χ0v) is 13.2. The predicted molar refractivity (Wildman–Crippen MR) is 85.1 cm³/mol. The van der Waals surface area contributed by atoms with Gasteiger partial charge in [-0.2, -0.15) is 0 Å². The molecule has 3 heteroatoms. The van der Waals surface area contributed by atoms with Gasteiger partial charge in [-0.05, 0) is 35.8 Å². The second-order valence-corrected chi connectivity index (χ2v) is 6.83. The molecule has 1 unspecified atom stereocenters. The Hall–Kier alpha value is -1.35. The number of hydrogen-bond acceptors (Lipinski definition) is 2. The Bertz CT molecular complexity index is 518. The molecular formula is C18H26N2O. The number of hydrogen-bond donors (Lipinski definition) is 1. The summed E-state index contributed by atoms with van der Waals surface area (Å²) in [4.78, 5) is 14.9. The molecule has 3 rings (SSSR count). The number of likely N-dealkylation sites (tertiary alicyclic amines) is 1. The summed E-state index contributed by atoms with van der Waals surface area (Å²) in [5.74, 6) is 0.264. The van der Waals surface area contributed by atoms with Crippen LogP contribution in [0.15, 0.2) is 24.3 Å². The summed E-state index contributed by atoms with van der Waals surface area (Å²) in [6.45, 7) is 7.32. The molecule has 0 aromatic heterocycles. The van der Waals surface area contributed by atoms with Gasteiger partial charge in [0.25, 0.3) is 0 Å². The maximum absolute atomic E-state index is 12.9. The summed E-state index contributed by atoms with van der Waals surface area (Å²) in [6.07, 6.45) is 4.49. The van der Waals surface area contributed by atoms with Crippen molar-refractivity contribution in [2.45, 2.75) is 45.6 Å². The molecule has 1 aromatic carbocycles. The van der Waals surface area contributed by atoms with E-state index in [1.807, 2.05) is 6.07 Å². The molecule has 0 spiro atoms. The lowest BCUT2D eigenvalue weighted by molar-refractivity contribution is -0.136. The van der Waals surface area contributed by atoms with Crippen LogP contribution < -0.4 is 5.32 Å². The van der Waals surface area contributed by atoms with Gasteiger partial charge in [-0.3, -0.25) is 4.79 Å². The van der Waals surface area contributed by atoms with E-state index in [1.54, 1.807) is 0 Å². The van der Waals surface area contributed by atoms with Crippen LogP contribution >= 0.6 is 0 Å². The molecular weight excluding hydrogens is 260 g/mol. The highest BCUT2D eigenvalue weighted by atomic mass is 16.2. The summed E-state index contributed by atoms with van der Waals surface area (Å²) in [7, 11) is 0. The second-order valence-electron chi connectivity index (χ2n) is 6.83. The van der Waals surface area contributed by atoms with Crippen LogP contribution in [0, 0.1) is 5.41 Å². The molecule has 0 aliphatic carbocycles. The number of carbonyl (C=O) groups is 1. The largest absolute Gasteiger partial charge is 0.341 e. The number of amides is 1. The van der Waals surface area contributed by atoms with E-state index in [0.29, 0.717) is 5.41 Å². The van der Waals surface area contributed by atoms with Gasteiger partial charge in [-0.1, -0.05) is 44.5 Å². The highest BCUT2D eigenvalue weighted by Gasteiger charge is 2.34. The Morgan fingerprint density at radius 3 is 2.76 bits per heavy atom. The average molecular weight is 286 g/mol. The summed E-state index contributed by atoms with van der Waals surface area (Å²) in [5, 5.41) is 3.42. The summed E-state index contributed by atoms with van der Waals surface area (Å²) in [5.41, 5.74) is 2.93. The monoisotopic (exact) mass is 286 g/mol. The van der Waals surface area contributed by atoms with E-state index in [0.717, 1.165) is 38.9 Å². The Kier molecular flexibility index (Phi) is 4.03. The number of nitrogens with zero attached hydrogens (tertiary/aromatic N) is 1. The Balaban J connectivity index is 1.73. The standard InChI is InChI=1S/C18H26N2O/c1-3-18(2)9-12-20(13-10-18)17(21)16-15-7-5-4-6-14(15)8-11-19-16/h4-7,16,19H,3,8-13H2,1-2H3. The van der Waals surface area contributed by atoms with Gasteiger partial charge in [0, 0.05) is 19.6 Å². The third kappa shape index (κ3) is 2.84. The second kappa shape index (κ2) is 5.80. The first-order chi connectivity index (χ1) is 10.1. The number of piperidine rings is 1. The fourth-order valence-corrected chi connectivity index (χ4v) is 3.53. The highest BCUT2D eigenvalue weighted by molar-refractivity contribution is 5.84. The van der Waals surface area contributed by atoms with Crippen molar-refractivity contribution in [2.24, 2.45) is 5.41 Å². The van der Waals surface area contributed by atoms with Gasteiger partial charge in [0.05, 0.1) is 0 Å². The molecule has 114 valence electrons. The van der Waals surface area contributed by atoms with Gasteiger partial charge in [-0.25, -0.2) is 0 Å². The van der Waals surface area contributed by atoms with Crippen LogP contribution in [0.3, 0.4) is 0 Å². The molecule has 0 saturated carbocycles. The topological polar surface area (TPSA) is 32.3 Å². The van der Waals surface area contributed by atoms with Gasteiger partial charge < -0.3 is 10.2 Å². The molecule has 0 radical (unpaired) electrons. The summed E-state index contributed by atoms with van der Waals surface area (Å²) < 4.78 is 0. The van der Waals surface area contributed by atoms with Crippen molar-refractivity contribution in [3.8, 4) is 0 Å². The van der Waals surface area contributed by atoms with Crippen molar-refractivity contribution in [3.05, 3.63) is 35.4 Å². The Morgan fingerprint density at radius 2 is 2.05 bits per heavy atom. The van der Waals surface area contributed by atoms with Crippen LogP contribution in [-0.2, 0) is 11.2 Å². The first kappa shape index (κ1) is 14.6. The molecule has 1 fully saturated rings. The molecule has 1 atom stereocenters. The minimum atomic E-state index is -0.138. The molecule has 1 aromatic rings. The van der Waals surface area contributed by atoms with E-state index in [1.165, 1.54) is 17.5 Å². The van der Waals surface area contributed by atoms with Gasteiger partial charge in [-0.15, -0.1) is 0 Å². The minimum absolute atomic E-state index is 0.138. The lowest BCUT2D eigenvalue weighted by Gasteiger charge is -2.40. The van der Waals surface area contributed by atoms with Crippen LogP contribution in [0.4, 0.5) is 0 Å². The predicted octanol–water partition coefficient (Wildman–Crippen LogP) is 2.91. The molecule has 2 aliphatic heterocycles. The maximum Gasteiger partial charge on any atom is 0.244 e. The van der Waals surface area contributed by atoms with Crippen LogP contribution in [0.25, 0.3) is 0 Å². The zero-order valence-electron chi connectivity index (χ0n) is 13.2. The number of carbonyl (C=O) groups excluding carboxylic acids is 1. The fraction of sp³-hybridized carbons (Fsp3) is 0.611. The number of rotatable bonds is 2. The van der Waals surface area contributed by atoms with E-state index in [9.17, 15) is 4.79 Å². The van der Waals surface area contributed by atoms with E-state index in [2.05, 4.69) is 42.3 Å². The van der Waals surface area contributed by atoms with Crippen molar-refractivity contribution in [3.63, 3.8) is 0 Å². The lowest BCUT2D eigenvalue weighted by atomic mass is 9.78. The van der Waals surface area contributed by atoms with Crippen LogP contribution in [0.1, 0.15) is 50.3 Å². The molecule has 2 aliphatic rings. The molecule has 1 amide bonds. The van der Waals surface area contributed by atoms with E-state index < -0.39 is 0 Å². The van der Waals surface area contributed by atoms with Gasteiger partial charge in [0.2, 0.25) is 5.91 Å². The maximum atomic E-state index is 12.9. The van der Waals surface area contributed by atoms with Gasteiger partial charge >= 0.3 is 0 Å². The summed E-state index contributed by atoms with van der Waals surface area (Å²) >= 11 is 0. The number of fused-ring (bicyclic) bond motifs is 1. The van der Waals surface area contributed by atoms with E-state index in [-0.39, 0.29) is 11.9 Å². The van der Waals surface area contributed by atoms with Crippen molar-refractivity contribution >= 4 is 5.91 Å². The zero-order chi connectivity index (χ0) is 14.9. The van der Waals surface area contributed by atoms with E-state index in [4.69, 9.17) is 0 Å². The molecule has 0 bridgehead atoms. The third-order valence-corrected chi connectivity index (χ3v) is 5.49. The van der Waals surface area contributed by atoms with Gasteiger partial charge in [0.1, 0.15) is 6.04 Å².